The second kappa shape index (κ2) is 13.6. The van der Waals surface area contributed by atoms with Gasteiger partial charge in [0.25, 0.3) is 0 Å². The van der Waals surface area contributed by atoms with E-state index >= 15 is 0 Å². The largest absolute Gasteiger partial charge is 0.459 e. The van der Waals surface area contributed by atoms with Crippen molar-refractivity contribution in [3.8, 4) is 0 Å². The minimum atomic E-state index is -0.924. The summed E-state index contributed by atoms with van der Waals surface area (Å²) in [5.74, 6) is 0.0343. The van der Waals surface area contributed by atoms with Gasteiger partial charge >= 0.3 is 5.97 Å². The lowest BCUT2D eigenvalue weighted by Gasteiger charge is -2.36. The molecule has 0 aromatic heterocycles. The van der Waals surface area contributed by atoms with Crippen molar-refractivity contribution in [3.63, 3.8) is 0 Å². The molecule has 6 heteroatoms. The Morgan fingerprint density at radius 2 is 1.58 bits per heavy atom. The van der Waals surface area contributed by atoms with Crippen molar-refractivity contribution < 1.29 is 23.9 Å². The molecule has 5 nitrogen and oxygen atoms in total. The summed E-state index contributed by atoms with van der Waals surface area (Å²) in [5.41, 5.74) is -0.334. The van der Waals surface area contributed by atoms with Gasteiger partial charge in [-0.05, 0) is 57.0 Å². The van der Waals surface area contributed by atoms with Crippen molar-refractivity contribution in [2.24, 2.45) is 5.92 Å². The van der Waals surface area contributed by atoms with E-state index in [-0.39, 0.29) is 29.9 Å². The molecule has 0 saturated heterocycles. The molecule has 3 unspecified atom stereocenters. The molecule has 0 radical (unpaired) electrons. The van der Waals surface area contributed by atoms with Crippen LogP contribution in [0.5, 0.6) is 0 Å². The number of ether oxygens (including phenoxy) is 2. The van der Waals surface area contributed by atoms with Crippen LogP contribution >= 0.6 is 11.8 Å². The first kappa shape index (κ1) is 29.5. The van der Waals surface area contributed by atoms with Crippen molar-refractivity contribution in [1.82, 2.24) is 0 Å². The van der Waals surface area contributed by atoms with Crippen LogP contribution in [0.25, 0.3) is 0 Å². The van der Waals surface area contributed by atoms with E-state index in [1.165, 1.54) is 6.08 Å². The third-order valence-corrected chi connectivity index (χ3v) is 7.87. The number of carbonyl (C=O) groups excluding carboxylic acids is 3. The lowest BCUT2D eigenvalue weighted by atomic mass is 9.88. The fourth-order valence-corrected chi connectivity index (χ4v) is 4.42. The van der Waals surface area contributed by atoms with Crippen molar-refractivity contribution in [3.05, 3.63) is 78.4 Å². The van der Waals surface area contributed by atoms with Crippen LogP contribution in [0, 0.1) is 5.92 Å². The monoisotopic (exact) mass is 510 g/mol. The third-order valence-electron chi connectivity index (χ3n) is 6.85. The Balaban J connectivity index is 1.86. The molecule has 3 atom stereocenters. The van der Waals surface area contributed by atoms with Gasteiger partial charge in [0.15, 0.2) is 11.6 Å². The number of hydrogen-bond acceptors (Lipinski definition) is 6. The number of carbonyl (C=O) groups is 3. The second-order valence-electron chi connectivity index (χ2n) is 9.32. The van der Waals surface area contributed by atoms with Crippen LogP contribution in [0.3, 0.4) is 0 Å². The van der Waals surface area contributed by atoms with E-state index in [1.54, 1.807) is 30.8 Å². The van der Waals surface area contributed by atoms with Crippen LogP contribution in [0.15, 0.2) is 72.1 Å². The molecule has 0 bridgehead atoms. The van der Waals surface area contributed by atoms with Gasteiger partial charge in [0.05, 0.1) is 13.0 Å². The molecular weight excluding hydrogens is 472 g/mol. The van der Waals surface area contributed by atoms with Crippen molar-refractivity contribution in [2.75, 3.05) is 12.4 Å². The van der Waals surface area contributed by atoms with Crippen LogP contribution in [0.1, 0.15) is 69.8 Å². The summed E-state index contributed by atoms with van der Waals surface area (Å²) in [4.78, 5) is 38.3. The Kier molecular flexibility index (Phi) is 11.1. The van der Waals surface area contributed by atoms with E-state index in [9.17, 15) is 14.4 Å². The standard InChI is InChI=1S/C30H38O5S/c1-7-26(31)30(6,9-3)34-21-22(4)29(5,8-2)35-27(32)19-20-36-25-17-15-24(16-18-25)28(33)23-13-11-10-12-14-23/h7,10-18,22H,1,8-9,19-21H2,2-6H3. The zero-order valence-electron chi connectivity index (χ0n) is 22.0. The zero-order chi connectivity index (χ0) is 26.8. The zero-order valence-corrected chi connectivity index (χ0v) is 22.9. The molecule has 0 saturated carbocycles. The first-order valence-electron chi connectivity index (χ1n) is 12.4. The van der Waals surface area contributed by atoms with Gasteiger partial charge in [-0.25, -0.2) is 0 Å². The maximum Gasteiger partial charge on any atom is 0.307 e. The maximum atomic E-state index is 12.6. The normalized spacial score (nSPS) is 15.2. The lowest BCUT2D eigenvalue weighted by Crippen LogP contribution is -2.44. The molecule has 194 valence electrons. The predicted octanol–water partition coefficient (Wildman–Crippen LogP) is 6.69. The minimum Gasteiger partial charge on any atom is -0.459 e. The summed E-state index contributed by atoms with van der Waals surface area (Å²) in [6.45, 7) is 13.4. The topological polar surface area (TPSA) is 69.7 Å². The van der Waals surface area contributed by atoms with Gasteiger partial charge in [0.1, 0.15) is 11.2 Å². The van der Waals surface area contributed by atoms with Gasteiger partial charge in [-0.15, -0.1) is 11.8 Å². The van der Waals surface area contributed by atoms with E-state index in [0.717, 1.165) is 4.90 Å². The fourth-order valence-electron chi connectivity index (χ4n) is 3.59. The van der Waals surface area contributed by atoms with Crippen LogP contribution in [0.4, 0.5) is 0 Å². The van der Waals surface area contributed by atoms with E-state index in [0.29, 0.717) is 36.3 Å². The molecule has 2 rings (SSSR count). The fraction of sp³-hybridized carbons (Fsp3) is 0.433. The molecule has 0 heterocycles. The number of thioether (sulfide) groups is 1. The van der Waals surface area contributed by atoms with Crippen LogP contribution in [-0.4, -0.2) is 41.1 Å². The molecule has 0 aliphatic heterocycles. The van der Waals surface area contributed by atoms with Gasteiger partial charge in [-0.3, -0.25) is 14.4 Å². The summed E-state index contributed by atoms with van der Waals surface area (Å²) in [7, 11) is 0. The number of esters is 1. The summed E-state index contributed by atoms with van der Waals surface area (Å²) in [6, 6.07) is 16.6. The first-order valence-corrected chi connectivity index (χ1v) is 13.4. The number of rotatable bonds is 15. The van der Waals surface area contributed by atoms with Gasteiger partial charge in [-0.2, -0.15) is 0 Å². The third kappa shape index (κ3) is 7.90. The molecule has 0 aliphatic rings. The van der Waals surface area contributed by atoms with E-state index in [4.69, 9.17) is 9.47 Å². The molecular formula is C30H38O5S. The van der Waals surface area contributed by atoms with E-state index < -0.39 is 11.2 Å². The first-order chi connectivity index (χ1) is 17.1. The molecule has 0 aliphatic carbocycles. The van der Waals surface area contributed by atoms with E-state index in [1.807, 2.05) is 70.2 Å². The van der Waals surface area contributed by atoms with Gasteiger partial charge < -0.3 is 9.47 Å². The number of benzene rings is 2. The molecule has 0 fully saturated rings. The van der Waals surface area contributed by atoms with Crippen LogP contribution < -0.4 is 0 Å². The SMILES string of the molecule is C=CC(=O)C(C)(CC)OCC(C)C(C)(CC)OC(=O)CCSc1ccc(C(=O)c2ccccc2)cc1. The highest BCUT2D eigenvalue weighted by Crippen LogP contribution is 2.29. The Hall–Kier alpha value is -2.70. The maximum absolute atomic E-state index is 12.6. The quantitative estimate of drug-likeness (QED) is 0.115. The molecule has 2 aromatic rings. The number of ketones is 2. The molecule has 36 heavy (non-hydrogen) atoms. The second-order valence-corrected chi connectivity index (χ2v) is 10.5. The summed E-state index contributed by atoms with van der Waals surface area (Å²) < 4.78 is 11.9. The van der Waals surface area contributed by atoms with Crippen molar-refractivity contribution in [2.45, 2.75) is 70.0 Å². The van der Waals surface area contributed by atoms with Crippen molar-refractivity contribution in [1.29, 1.82) is 0 Å². The highest BCUT2D eigenvalue weighted by molar-refractivity contribution is 7.99. The van der Waals surface area contributed by atoms with Crippen molar-refractivity contribution >= 4 is 29.3 Å². The highest BCUT2D eigenvalue weighted by Gasteiger charge is 2.37. The average molecular weight is 511 g/mol. The molecule has 0 spiro atoms. The highest BCUT2D eigenvalue weighted by atomic mass is 32.2. The Bertz CT molecular complexity index is 1030. The molecule has 0 amide bonds. The van der Waals surface area contributed by atoms with Gasteiger partial charge in [-0.1, -0.05) is 57.7 Å². The summed E-state index contributed by atoms with van der Waals surface area (Å²) >= 11 is 1.55. The van der Waals surface area contributed by atoms with Gasteiger partial charge in [0, 0.05) is 27.7 Å². The Labute approximate surface area is 219 Å². The van der Waals surface area contributed by atoms with Crippen LogP contribution in [0.2, 0.25) is 0 Å². The van der Waals surface area contributed by atoms with Gasteiger partial charge in [0.2, 0.25) is 0 Å². The Morgan fingerprint density at radius 3 is 2.14 bits per heavy atom. The summed E-state index contributed by atoms with van der Waals surface area (Å²) in [6.07, 6.45) is 2.72. The number of hydrogen-bond donors (Lipinski definition) is 0. The summed E-state index contributed by atoms with van der Waals surface area (Å²) in [5, 5.41) is 0. The average Bonchev–Trinajstić information content (AvgIpc) is 2.91. The smallest absolute Gasteiger partial charge is 0.307 e. The molecule has 0 N–H and O–H groups in total. The lowest BCUT2D eigenvalue weighted by molar-refractivity contribution is -0.170. The Morgan fingerprint density at radius 1 is 0.972 bits per heavy atom. The van der Waals surface area contributed by atoms with Crippen LogP contribution in [-0.2, 0) is 19.1 Å². The van der Waals surface area contributed by atoms with E-state index in [2.05, 4.69) is 6.58 Å². The predicted molar refractivity (Wildman–Crippen MR) is 145 cm³/mol. The molecule has 2 aromatic carbocycles. The minimum absolute atomic E-state index is 0.0132.